The Hall–Kier alpha value is -3.86. The van der Waals surface area contributed by atoms with E-state index in [0.717, 1.165) is 11.1 Å². The average Bonchev–Trinajstić information content (AvgIpc) is 3.42. The molecule has 0 N–H and O–H groups in total. The minimum atomic E-state index is -0.607. The lowest BCUT2D eigenvalue weighted by molar-refractivity contribution is -0.402. The van der Waals surface area contributed by atoms with Gasteiger partial charge in [0, 0.05) is 10.9 Å². The van der Waals surface area contributed by atoms with Crippen molar-refractivity contribution in [2.45, 2.75) is 6.92 Å². The number of hydrogen-bond donors (Lipinski definition) is 0. The van der Waals surface area contributed by atoms with E-state index in [2.05, 4.69) is 16.7 Å². The second-order valence-corrected chi connectivity index (χ2v) is 7.42. The van der Waals surface area contributed by atoms with Crippen molar-refractivity contribution in [2.24, 2.45) is 10.1 Å². The number of benzene rings is 1. The summed E-state index contributed by atoms with van der Waals surface area (Å²) in [5.41, 5.74) is 2.34. The van der Waals surface area contributed by atoms with E-state index in [1.165, 1.54) is 36.8 Å². The molecule has 32 heavy (non-hydrogen) atoms. The number of nitro groups is 1. The second-order valence-electron chi connectivity index (χ2n) is 6.58. The van der Waals surface area contributed by atoms with Crippen LogP contribution in [0.25, 0.3) is 11.3 Å². The van der Waals surface area contributed by atoms with Gasteiger partial charge >= 0.3 is 5.88 Å². The maximum Gasteiger partial charge on any atom is 0.433 e. The van der Waals surface area contributed by atoms with Crippen LogP contribution in [0.2, 0.25) is 0 Å². The first kappa shape index (κ1) is 22.8. The molecule has 0 aliphatic carbocycles. The summed E-state index contributed by atoms with van der Waals surface area (Å²) < 4.78 is 23.1. The Kier molecular flexibility index (Phi) is 7.11. The van der Waals surface area contributed by atoms with Gasteiger partial charge in [-0.3, -0.25) is 15.1 Å². The number of nitrogens with zero attached hydrogens (tertiary/aromatic N) is 4. The summed E-state index contributed by atoms with van der Waals surface area (Å²) in [5.74, 6) is 1.33. The Morgan fingerprint density at radius 2 is 1.94 bits per heavy atom. The van der Waals surface area contributed by atoms with Crippen molar-refractivity contribution in [2.75, 3.05) is 27.9 Å². The zero-order valence-electron chi connectivity index (χ0n) is 18.0. The van der Waals surface area contributed by atoms with Gasteiger partial charge in [-0.25, -0.2) is 4.68 Å². The fraction of sp³-hybridized carbons (Fsp3) is 0.238. The summed E-state index contributed by atoms with van der Waals surface area (Å²) in [5, 5.41) is 17.2. The van der Waals surface area contributed by atoms with Crippen LogP contribution < -0.4 is 19.0 Å². The van der Waals surface area contributed by atoms with Crippen molar-refractivity contribution in [3.05, 3.63) is 62.5 Å². The minimum Gasteiger partial charge on any atom is -0.493 e. The minimum absolute atomic E-state index is 0.233. The molecule has 3 aromatic rings. The van der Waals surface area contributed by atoms with Gasteiger partial charge in [0.2, 0.25) is 10.6 Å². The summed E-state index contributed by atoms with van der Waals surface area (Å²) in [4.78, 5) is 15.4. The third-order valence-electron chi connectivity index (χ3n) is 4.22. The van der Waals surface area contributed by atoms with Gasteiger partial charge in [0.1, 0.15) is 4.92 Å². The Labute approximate surface area is 187 Å². The molecule has 0 saturated carbocycles. The Morgan fingerprint density at radius 3 is 2.47 bits per heavy atom. The number of aromatic nitrogens is 1. The molecule has 0 aliphatic rings. The summed E-state index contributed by atoms with van der Waals surface area (Å²) >= 11 is 1.38. The molecule has 0 fully saturated rings. The van der Waals surface area contributed by atoms with Gasteiger partial charge in [-0.15, -0.1) is 11.3 Å². The van der Waals surface area contributed by atoms with Crippen molar-refractivity contribution in [1.82, 2.24) is 4.68 Å². The van der Waals surface area contributed by atoms with Gasteiger partial charge < -0.3 is 18.6 Å². The number of methoxy groups -OCH3 is 3. The maximum absolute atomic E-state index is 10.9. The van der Waals surface area contributed by atoms with Crippen LogP contribution >= 0.6 is 11.3 Å². The van der Waals surface area contributed by atoms with Crippen LogP contribution in [-0.2, 0) is 0 Å². The smallest absolute Gasteiger partial charge is 0.433 e. The summed E-state index contributed by atoms with van der Waals surface area (Å²) in [6.45, 7) is 6.19. The largest absolute Gasteiger partial charge is 0.493 e. The number of ether oxygens (including phenoxy) is 3. The lowest BCUT2D eigenvalue weighted by Gasteiger charge is -2.14. The van der Waals surface area contributed by atoms with E-state index in [4.69, 9.17) is 18.6 Å². The molecule has 10 nitrogen and oxygen atoms in total. The maximum atomic E-state index is 10.9. The monoisotopic (exact) mass is 458 g/mol. The molecule has 0 bridgehead atoms. The quantitative estimate of drug-likeness (QED) is 0.206. The van der Waals surface area contributed by atoms with E-state index in [-0.39, 0.29) is 11.6 Å². The van der Waals surface area contributed by atoms with E-state index in [9.17, 15) is 10.1 Å². The highest BCUT2D eigenvalue weighted by atomic mass is 32.1. The normalized spacial score (nSPS) is 11.7. The highest BCUT2D eigenvalue weighted by molar-refractivity contribution is 7.07. The number of rotatable bonds is 9. The Bertz CT molecular complexity index is 1210. The van der Waals surface area contributed by atoms with E-state index in [0.29, 0.717) is 34.3 Å². The van der Waals surface area contributed by atoms with Crippen LogP contribution in [0.15, 0.2) is 56.3 Å². The summed E-state index contributed by atoms with van der Waals surface area (Å²) in [6.07, 6.45) is 1.39. The molecule has 0 atom stereocenters. The van der Waals surface area contributed by atoms with Crippen molar-refractivity contribution >= 4 is 23.4 Å². The van der Waals surface area contributed by atoms with Crippen LogP contribution in [0.1, 0.15) is 12.7 Å². The van der Waals surface area contributed by atoms with E-state index >= 15 is 0 Å². The lowest BCUT2D eigenvalue weighted by atomic mass is 10.1. The second kappa shape index (κ2) is 9.96. The van der Waals surface area contributed by atoms with Crippen molar-refractivity contribution in [1.29, 1.82) is 0 Å². The lowest BCUT2D eigenvalue weighted by Crippen LogP contribution is -2.13. The molecule has 0 saturated heterocycles. The van der Waals surface area contributed by atoms with Crippen LogP contribution in [0.3, 0.4) is 0 Å². The highest BCUT2D eigenvalue weighted by Gasteiger charge is 2.17. The van der Waals surface area contributed by atoms with E-state index < -0.39 is 4.92 Å². The molecule has 2 aromatic heterocycles. The molecular weight excluding hydrogens is 436 g/mol. The van der Waals surface area contributed by atoms with Crippen LogP contribution in [0.4, 0.5) is 5.88 Å². The van der Waals surface area contributed by atoms with Crippen LogP contribution in [-0.4, -0.2) is 43.7 Å². The predicted molar refractivity (Wildman–Crippen MR) is 121 cm³/mol. The van der Waals surface area contributed by atoms with Crippen molar-refractivity contribution < 1.29 is 23.6 Å². The van der Waals surface area contributed by atoms with Crippen molar-refractivity contribution in [3.8, 4) is 28.5 Å². The number of thiazole rings is 1. The van der Waals surface area contributed by atoms with Gasteiger partial charge in [0.15, 0.2) is 17.3 Å². The summed E-state index contributed by atoms with van der Waals surface area (Å²) in [7, 11) is 4.61. The van der Waals surface area contributed by atoms with E-state index in [1.807, 2.05) is 12.3 Å². The van der Waals surface area contributed by atoms with Gasteiger partial charge in [-0.05, 0) is 25.1 Å². The molecule has 168 valence electrons. The zero-order chi connectivity index (χ0) is 23.3. The topological polar surface area (TPSA) is 114 Å². The number of furan rings is 1. The molecule has 1 aromatic carbocycles. The molecule has 0 amide bonds. The molecule has 2 heterocycles. The third-order valence-corrected chi connectivity index (χ3v) is 5.08. The molecule has 0 aliphatic heterocycles. The van der Waals surface area contributed by atoms with Crippen LogP contribution in [0.5, 0.6) is 17.2 Å². The first-order chi connectivity index (χ1) is 15.4. The van der Waals surface area contributed by atoms with Gasteiger partial charge in [-0.2, -0.15) is 5.10 Å². The molecule has 3 rings (SSSR count). The molecule has 0 radical (unpaired) electrons. The molecule has 0 unspecified atom stereocenters. The fourth-order valence-electron chi connectivity index (χ4n) is 2.77. The van der Waals surface area contributed by atoms with Gasteiger partial charge in [0.05, 0.1) is 45.8 Å². The first-order valence-electron chi connectivity index (χ1n) is 9.32. The Balaban J connectivity index is 2.14. The van der Waals surface area contributed by atoms with Crippen LogP contribution in [0, 0.1) is 10.1 Å². The zero-order valence-corrected chi connectivity index (χ0v) is 18.8. The van der Waals surface area contributed by atoms with Gasteiger partial charge in [0.25, 0.3) is 0 Å². The summed E-state index contributed by atoms with van der Waals surface area (Å²) in [6, 6.07) is 6.34. The molecular formula is C21H22N4O6S. The SMILES string of the molecule is C=C(C)CN=c1scc(-c2cc(OC)c(OC)c(OC)c2)n1N=Cc1ccc([N+](=O)[O-])o1. The predicted octanol–water partition coefficient (Wildman–Crippen LogP) is 4.10. The van der Waals surface area contributed by atoms with E-state index in [1.54, 1.807) is 31.0 Å². The van der Waals surface area contributed by atoms with Crippen molar-refractivity contribution in [3.63, 3.8) is 0 Å². The highest BCUT2D eigenvalue weighted by Crippen LogP contribution is 2.41. The molecule has 0 spiro atoms. The Morgan fingerprint density at radius 1 is 1.25 bits per heavy atom. The molecule has 11 heteroatoms. The third kappa shape index (κ3) is 4.89. The fourth-order valence-corrected chi connectivity index (χ4v) is 3.61. The van der Waals surface area contributed by atoms with Gasteiger partial charge in [-0.1, -0.05) is 12.2 Å². The average molecular weight is 458 g/mol. The standard InChI is InChI=1S/C21H22N4O6S/c1-13(2)10-22-21-24(23-11-15-6-7-19(31-15)25(26)27)16(12-32-21)14-8-17(28-3)20(30-5)18(9-14)29-4/h6-9,11-12H,1,10H2,2-5H3. The number of hydrogen-bond acceptors (Lipinski definition) is 9. The first-order valence-corrected chi connectivity index (χ1v) is 10.2.